The van der Waals surface area contributed by atoms with Crippen LogP contribution in [0.5, 0.6) is 11.5 Å². The van der Waals surface area contributed by atoms with Crippen molar-refractivity contribution in [2.24, 2.45) is 0 Å². The first-order chi connectivity index (χ1) is 12.8. The molecule has 0 atom stereocenters. The zero-order valence-electron chi connectivity index (χ0n) is 15.0. The summed E-state index contributed by atoms with van der Waals surface area (Å²) in [6, 6.07) is 19.4. The minimum atomic E-state index is 0. The van der Waals surface area contributed by atoms with Crippen molar-refractivity contribution in [3.63, 3.8) is 0 Å². The molecule has 0 spiro atoms. The van der Waals surface area contributed by atoms with E-state index in [0.717, 1.165) is 22.6 Å². The Kier molecular flexibility index (Phi) is 8.40. The lowest BCUT2D eigenvalue weighted by molar-refractivity contribution is 0.280. The third kappa shape index (κ3) is 5.86. The summed E-state index contributed by atoms with van der Waals surface area (Å²) in [4.78, 5) is 4.32. The maximum atomic E-state index is 6.22. The summed E-state index contributed by atoms with van der Waals surface area (Å²) in [5, 5.41) is 4.09. The van der Waals surface area contributed by atoms with Gasteiger partial charge in [0.05, 0.1) is 12.8 Å². The highest BCUT2D eigenvalue weighted by atomic mass is 35.5. The average Bonchev–Trinajstić information content (AvgIpc) is 2.68. The summed E-state index contributed by atoms with van der Waals surface area (Å²) < 4.78 is 11.5. The molecule has 0 aliphatic heterocycles. The number of nitrogens with zero attached hydrogens (tertiary/aromatic N) is 1. The van der Waals surface area contributed by atoms with E-state index in [2.05, 4.69) is 10.3 Å². The Balaban J connectivity index is 0.00000261. The van der Waals surface area contributed by atoms with E-state index in [1.165, 1.54) is 0 Å². The van der Waals surface area contributed by atoms with Crippen molar-refractivity contribution in [3.05, 3.63) is 88.7 Å². The second-order valence-corrected chi connectivity index (χ2v) is 6.16. The third-order valence-corrected chi connectivity index (χ3v) is 4.33. The zero-order chi connectivity index (χ0) is 18.2. The highest BCUT2D eigenvalue weighted by Crippen LogP contribution is 2.32. The monoisotopic (exact) mass is 404 g/mol. The van der Waals surface area contributed by atoms with Crippen molar-refractivity contribution in [2.75, 3.05) is 7.11 Å². The fourth-order valence-electron chi connectivity index (χ4n) is 2.62. The molecule has 27 heavy (non-hydrogen) atoms. The summed E-state index contributed by atoms with van der Waals surface area (Å²) in [6.07, 6.45) is 1.79. The number of benzene rings is 2. The van der Waals surface area contributed by atoms with Crippen molar-refractivity contribution >= 4 is 24.0 Å². The predicted molar refractivity (Wildman–Crippen MR) is 111 cm³/mol. The molecular formula is C21H22Cl2N2O2. The number of pyridine rings is 1. The maximum Gasteiger partial charge on any atom is 0.166 e. The van der Waals surface area contributed by atoms with Crippen LogP contribution >= 0.6 is 24.0 Å². The molecule has 0 fully saturated rings. The molecule has 6 heteroatoms. The van der Waals surface area contributed by atoms with Crippen LogP contribution < -0.4 is 14.8 Å². The average molecular weight is 405 g/mol. The van der Waals surface area contributed by atoms with Gasteiger partial charge >= 0.3 is 0 Å². The van der Waals surface area contributed by atoms with E-state index in [0.29, 0.717) is 30.5 Å². The van der Waals surface area contributed by atoms with Gasteiger partial charge in [-0.1, -0.05) is 48.0 Å². The minimum absolute atomic E-state index is 0. The number of aromatic nitrogens is 1. The molecule has 4 nitrogen and oxygen atoms in total. The molecule has 0 bridgehead atoms. The molecule has 1 aromatic heterocycles. The highest BCUT2D eigenvalue weighted by molar-refractivity contribution is 6.31. The first-order valence-corrected chi connectivity index (χ1v) is 8.78. The van der Waals surface area contributed by atoms with Crippen molar-refractivity contribution in [3.8, 4) is 11.5 Å². The number of hydrogen-bond donors (Lipinski definition) is 1. The van der Waals surface area contributed by atoms with Gasteiger partial charge in [0.15, 0.2) is 11.5 Å². The molecule has 3 rings (SSSR count). The molecule has 1 heterocycles. The van der Waals surface area contributed by atoms with Crippen molar-refractivity contribution in [1.29, 1.82) is 0 Å². The van der Waals surface area contributed by atoms with Crippen LogP contribution in [0.25, 0.3) is 0 Å². The van der Waals surface area contributed by atoms with E-state index in [9.17, 15) is 0 Å². The second kappa shape index (κ2) is 10.8. The lowest BCUT2D eigenvalue weighted by Crippen LogP contribution is -2.14. The van der Waals surface area contributed by atoms with Crippen molar-refractivity contribution < 1.29 is 9.47 Å². The number of ether oxygens (including phenoxy) is 2. The van der Waals surface area contributed by atoms with Gasteiger partial charge in [0.1, 0.15) is 6.61 Å². The van der Waals surface area contributed by atoms with Gasteiger partial charge < -0.3 is 14.8 Å². The van der Waals surface area contributed by atoms with Gasteiger partial charge in [0, 0.05) is 35.4 Å². The Hall–Kier alpha value is -2.27. The number of hydrogen-bond acceptors (Lipinski definition) is 4. The van der Waals surface area contributed by atoms with Gasteiger partial charge in [-0.3, -0.25) is 4.98 Å². The summed E-state index contributed by atoms with van der Waals surface area (Å²) >= 11 is 6.22. The molecule has 1 N–H and O–H groups in total. The first-order valence-electron chi connectivity index (χ1n) is 8.40. The molecule has 0 saturated heterocycles. The van der Waals surface area contributed by atoms with Crippen molar-refractivity contribution in [1.82, 2.24) is 10.3 Å². The lowest BCUT2D eigenvalue weighted by atomic mass is 10.1. The standard InChI is InChI=1S/C21H21ClN2O2.ClH/c1-25-20-11-6-8-16(13-23-14-18-9-4-5-12-24-18)21(20)26-15-17-7-2-3-10-19(17)22;/h2-12,23H,13-15H2,1H3;1H. The van der Waals surface area contributed by atoms with Crippen LogP contribution in [0.3, 0.4) is 0 Å². The highest BCUT2D eigenvalue weighted by Gasteiger charge is 2.11. The van der Waals surface area contributed by atoms with E-state index in [1.54, 1.807) is 13.3 Å². The van der Waals surface area contributed by atoms with Crippen LogP contribution in [0.1, 0.15) is 16.8 Å². The number of methoxy groups -OCH3 is 1. The summed E-state index contributed by atoms with van der Waals surface area (Å²) in [5.41, 5.74) is 2.95. The van der Waals surface area contributed by atoms with Crippen LogP contribution in [0.4, 0.5) is 0 Å². The molecule has 0 saturated carbocycles. The van der Waals surface area contributed by atoms with Gasteiger partial charge in [-0.15, -0.1) is 12.4 Å². The van der Waals surface area contributed by atoms with Crippen LogP contribution in [0.2, 0.25) is 5.02 Å². The number of halogens is 2. The third-order valence-electron chi connectivity index (χ3n) is 3.96. The van der Waals surface area contributed by atoms with Crippen LogP contribution in [0, 0.1) is 0 Å². The quantitative estimate of drug-likeness (QED) is 0.571. The fourth-order valence-corrected chi connectivity index (χ4v) is 2.81. The van der Waals surface area contributed by atoms with E-state index in [4.69, 9.17) is 21.1 Å². The molecule has 3 aromatic rings. The van der Waals surface area contributed by atoms with Gasteiger partial charge in [0.25, 0.3) is 0 Å². The molecule has 0 radical (unpaired) electrons. The maximum absolute atomic E-state index is 6.22. The molecule has 142 valence electrons. The number of rotatable bonds is 8. The Morgan fingerprint density at radius 1 is 0.926 bits per heavy atom. The van der Waals surface area contributed by atoms with Gasteiger partial charge in [0.2, 0.25) is 0 Å². The van der Waals surface area contributed by atoms with Crippen LogP contribution in [0.15, 0.2) is 66.9 Å². The Bertz CT molecular complexity index is 845. The number of nitrogens with one attached hydrogen (secondary N) is 1. The molecule has 0 unspecified atom stereocenters. The smallest absolute Gasteiger partial charge is 0.166 e. The normalized spacial score (nSPS) is 10.1. The van der Waals surface area contributed by atoms with E-state index < -0.39 is 0 Å². The Labute approximate surface area is 170 Å². The Morgan fingerprint density at radius 3 is 2.44 bits per heavy atom. The molecule has 2 aromatic carbocycles. The minimum Gasteiger partial charge on any atom is -0.493 e. The molecule has 0 aliphatic carbocycles. The first kappa shape index (κ1) is 21.0. The zero-order valence-corrected chi connectivity index (χ0v) is 16.6. The van der Waals surface area contributed by atoms with Gasteiger partial charge in [-0.2, -0.15) is 0 Å². The van der Waals surface area contributed by atoms with Crippen molar-refractivity contribution in [2.45, 2.75) is 19.7 Å². The predicted octanol–water partition coefficient (Wildman–Crippen LogP) is 5.03. The fraction of sp³-hybridized carbons (Fsp3) is 0.190. The summed E-state index contributed by atoms with van der Waals surface area (Å²) in [5.74, 6) is 1.43. The summed E-state index contributed by atoms with van der Waals surface area (Å²) in [7, 11) is 1.64. The second-order valence-electron chi connectivity index (χ2n) is 5.75. The largest absolute Gasteiger partial charge is 0.493 e. The topological polar surface area (TPSA) is 43.4 Å². The molecule has 0 amide bonds. The molecule has 0 aliphatic rings. The van der Waals surface area contributed by atoms with Crippen LogP contribution in [-0.4, -0.2) is 12.1 Å². The Morgan fingerprint density at radius 2 is 1.70 bits per heavy atom. The van der Waals surface area contributed by atoms with E-state index >= 15 is 0 Å². The SMILES string of the molecule is COc1cccc(CNCc2ccccn2)c1OCc1ccccc1Cl.Cl. The van der Waals surface area contributed by atoms with E-state index in [-0.39, 0.29) is 12.4 Å². The molecular weight excluding hydrogens is 383 g/mol. The van der Waals surface area contributed by atoms with Gasteiger partial charge in [-0.25, -0.2) is 0 Å². The summed E-state index contributed by atoms with van der Waals surface area (Å²) in [6.45, 7) is 1.71. The lowest BCUT2D eigenvalue weighted by Gasteiger charge is -2.16. The number of para-hydroxylation sites is 1. The van der Waals surface area contributed by atoms with E-state index in [1.807, 2.05) is 60.7 Å². The van der Waals surface area contributed by atoms with Crippen LogP contribution in [-0.2, 0) is 19.7 Å². The van der Waals surface area contributed by atoms with Gasteiger partial charge in [-0.05, 0) is 24.3 Å².